The minimum Gasteiger partial charge on any atom is -0.389 e. The van der Waals surface area contributed by atoms with Crippen molar-refractivity contribution in [2.45, 2.75) is 57.3 Å². The first-order chi connectivity index (χ1) is 6.55. The number of rotatable bonds is 3. The number of fused-ring (bicyclic) bond motifs is 2. The molecular formula is C11H21NO2. The van der Waals surface area contributed by atoms with Gasteiger partial charge in [-0.3, -0.25) is 0 Å². The lowest BCUT2D eigenvalue weighted by Crippen LogP contribution is -2.55. The van der Waals surface area contributed by atoms with E-state index in [1.165, 1.54) is 0 Å². The molecule has 2 fully saturated rings. The summed E-state index contributed by atoms with van der Waals surface area (Å²) in [5.74, 6) is 0. The van der Waals surface area contributed by atoms with Gasteiger partial charge in [0.05, 0.1) is 17.8 Å². The van der Waals surface area contributed by atoms with Crippen molar-refractivity contribution in [2.75, 3.05) is 6.54 Å². The third-order valence-corrected chi connectivity index (χ3v) is 4.44. The van der Waals surface area contributed by atoms with E-state index in [1.807, 2.05) is 13.8 Å². The Morgan fingerprint density at radius 1 is 1.57 bits per heavy atom. The van der Waals surface area contributed by atoms with Crippen molar-refractivity contribution in [2.24, 2.45) is 11.1 Å². The zero-order valence-corrected chi connectivity index (χ0v) is 9.12. The summed E-state index contributed by atoms with van der Waals surface area (Å²) in [6.45, 7) is 4.46. The van der Waals surface area contributed by atoms with Crippen LogP contribution in [0, 0.1) is 5.41 Å². The van der Waals surface area contributed by atoms with E-state index in [0.717, 1.165) is 25.7 Å². The average Bonchev–Trinajstić information content (AvgIpc) is 2.77. The van der Waals surface area contributed by atoms with Crippen molar-refractivity contribution in [1.82, 2.24) is 0 Å². The maximum atomic E-state index is 10.4. The fourth-order valence-corrected chi connectivity index (χ4v) is 3.15. The predicted octanol–water partition coefficient (Wildman–Crippen LogP) is 1.04. The summed E-state index contributed by atoms with van der Waals surface area (Å²) in [6, 6.07) is 0. The van der Waals surface area contributed by atoms with Crippen molar-refractivity contribution >= 4 is 0 Å². The summed E-state index contributed by atoms with van der Waals surface area (Å²) in [6.07, 6.45) is 4.43. The molecule has 2 heterocycles. The molecule has 4 atom stereocenters. The Bertz CT molecular complexity index is 229. The van der Waals surface area contributed by atoms with Gasteiger partial charge in [-0.25, -0.2) is 0 Å². The van der Waals surface area contributed by atoms with Crippen molar-refractivity contribution in [3.05, 3.63) is 0 Å². The SMILES string of the molecule is CCC(C)(O)C1(CN)CC2CCC1O2. The number of ether oxygens (including phenoxy) is 1. The standard InChI is InChI=1S/C11H21NO2/c1-3-10(2,13)11(7-12)6-8-4-5-9(11)14-8/h8-9,13H,3-7,12H2,1-2H3. The monoisotopic (exact) mass is 199 g/mol. The van der Waals surface area contributed by atoms with Gasteiger partial charge in [-0.15, -0.1) is 0 Å². The number of aliphatic hydroxyl groups is 1. The summed E-state index contributed by atoms with van der Waals surface area (Å²) < 4.78 is 5.83. The van der Waals surface area contributed by atoms with Gasteiger partial charge in [0, 0.05) is 12.0 Å². The predicted molar refractivity (Wildman–Crippen MR) is 54.9 cm³/mol. The zero-order chi connectivity index (χ0) is 10.4. The summed E-state index contributed by atoms with van der Waals surface area (Å²) in [5, 5.41) is 10.4. The van der Waals surface area contributed by atoms with Crippen molar-refractivity contribution in [3.63, 3.8) is 0 Å². The van der Waals surface area contributed by atoms with E-state index in [9.17, 15) is 5.11 Å². The molecule has 0 saturated carbocycles. The molecule has 0 aromatic heterocycles. The van der Waals surface area contributed by atoms with E-state index in [4.69, 9.17) is 10.5 Å². The van der Waals surface area contributed by atoms with Crippen LogP contribution in [0.4, 0.5) is 0 Å². The first-order valence-corrected chi connectivity index (χ1v) is 5.63. The molecule has 0 aliphatic carbocycles. The van der Waals surface area contributed by atoms with Crippen LogP contribution < -0.4 is 5.73 Å². The molecule has 0 spiro atoms. The number of hydrogen-bond donors (Lipinski definition) is 2. The van der Waals surface area contributed by atoms with Crippen LogP contribution in [0.25, 0.3) is 0 Å². The molecule has 3 N–H and O–H groups in total. The first kappa shape index (κ1) is 10.4. The van der Waals surface area contributed by atoms with Gasteiger partial charge >= 0.3 is 0 Å². The van der Waals surface area contributed by atoms with Crippen LogP contribution in [0.3, 0.4) is 0 Å². The van der Waals surface area contributed by atoms with E-state index in [-0.39, 0.29) is 11.5 Å². The summed E-state index contributed by atoms with van der Waals surface area (Å²) >= 11 is 0. The normalized spacial score (nSPS) is 45.4. The topological polar surface area (TPSA) is 55.5 Å². The molecule has 2 bridgehead atoms. The van der Waals surface area contributed by atoms with E-state index in [1.54, 1.807) is 0 Å². The van der Waals surface area contributed by atoms with E-state index >= 15 is 0 Å². The minimum absolute atomic E-state index is 0.187. The lowest BCUT2D eigenvalue weighted by Gasteiger charge is -2.45. The first-order valence-electron chi connectivity index (χ1n) is 5.63. The van der Waals surface area contributed by atoms with Gasteiger partial charge in [0.2, 0.25) is 0 Å². The van der Waals surface area contributed by atoms with Crippen LogP contribution in [-0.2, 0) is 4.74 Å². The van der Waals surface area contributed by atoms with Gasteiger partial charge in [0.15, 0.2) is 0 Å². The summed E-state index contributed by atoms with van der Waals surface area (Å²) in [5.41, 5.74) is 5.01. The molecule has 2 aliphatic heterocycles. The van der Waals surface area contributed by atoms with Crippen LogP contribution in [0.5, 0.6) is 0 Å². The van der Waals surface area contributed by atoms with Gasteiger partial charge < -0.3 is 15.6 Å². The lowest BCUT2D eigenvalue weighted by molar-refractivity contribution is -0.101. The second-order valence-electron chi connectivity index (χ2n) is 5.02. The Balaban J connectivity index is 2.27. The highest BCUT2D eigenvalue weighted by atomic mass is 16.5. The molecule has 0 radical (unpaired) electrons. The Hall–Kier alpha value is -0.120. The fourth-order valence-electron chi connectivity index (χ4n) is 3.15. The molecule has 3 nitrogen and oxygen atoms in total. The smallest absolute Gasteiger partial charge is 0.0711 e. The maximum absolute atomic E-state index is 10.4. The van der Waals surface area contributed by atoms with Crippen LogP contribution in [0.15, 0.2) is 0 Å². The quantitative estimate of drug-likeness (QED) is 0.714. The highest BCUT2D eigenvalue weighted by Gasteiger charge is 2.59. The highest BCUT2D eigenvalue weighted by Crippen LogP contribution is 2.53. The van der Waals surface area contributed by atoms with Gasteiger partial charge in [0.25, 0.3) is 0 Å². The van der Waals surface area contributed by atoms with Crippen LogP contribution in [0.1, 0.15) is 39.5 Å². The zero-order valence-electron chi connectivity index (χ0n) is 9.12. The maximum Gasteiger partial charge on any atom is 0.0711 e. The highest BCUT2D eigenvalue weighted by molar-refractivity contribution is 5.09. The Morgan fingerprint density at radius 2 is 2.29 bits per heavy atom. The molecule has 4 unspecified atom stereocenters. The molecule has 2 aliphatic rings. The Labute approximate surface area is 85.6 Å². The molecule has 3 heteroatoms. The van der Waals surface area contributed by atoms with Crippen molar-refractivity contribution in [3.8, 4) is 0 Å². The lowest BCUT2D eigenvalue weighted by atomic mass is 9.63. The number of nitrogens with two attached hydrogens (primary N) is 1. The summed E-state index contributed by atoms with van der Waals surface area (Å²) in [4.78, 5) is 0. The molecule has 82 valence electrons. The number of hydrogen-bond acceptors (Lipinski definition) is 3. The average molecular weight is 199 g/mol. The molecule has 2 saturated heterocycles. The molecular weight excluding hydrogens is 178 g/mol. The molecule has 0 aromatic carbocycles. The van der Waals surface area contributed by atoms with Gasteiger partial charge in [-0.2, -0.15) is 0 Å². The van der Waals surface area contributed by atoms with Crippen LogP contribution in [0.2, 0.25) is 0 Å². The Kier molecular flexibility index (Phi) is 2.37. The van der Waals surface area contributed by atoms with Gasteiger partial charge in [-0.1, -0.05) is 6.92 Å². The second kappa shape index (κ2) is 3.19. The molecule has 14 heavy (non-hydrogen) atoms. The van der Waals surface area contributed by atoms with E-state index in [2.05, 4.69) is 0 Å². The molecule has 0 aromatic rings. The minimum atomic E-state index is -0.679. The van der Waals surface area contributed by atoms with Crippen molar-refractivity contribution < 1.29 is 9.84 Å². The fraction of sp³-hybridized carbons (Fsp3) is 1.00. The van der Waals surface area contributed by atoms with Crippen LogP contribution in [-0.4, -0.2) is 29.5 Å². The molecule has 2 rings (SSSR count). The van der Waals surface area contributed by atoms with Crippen molar-refractivity contribution in [1.29, 1.82) is 0 Å². The van der Waals surface area contributed by atoms with E-state index < -0.39 is 5.60 Å². The Morgan fingerprint density at radius 3 is 2.64 bits per heavy atom. The second-order valence-corrected chi connectivity index (χ2v) is 5.02. The van der Waals surface area contributed by atoms with E-state index in [0.29, 0.717) is 12.6 Å². The molecule has 0 amide bonds. The third kappa shape index (κ3) is 1.16. The van der Waals surface area contributed by atoms with Gasteiger partial charge in [0.1, 0.15) is 0 Å². The van der Waals surface area contributed by atoms with Crippen LogP contribution >= 0.6 is 0 Å². The van der Waals surface area contributed by atoms with Gasteiger partial charge in [-0.05, 0) is 32.6 Å². The largest absolute Gasteiger partial charge is 0.389 e. The summed E-state index contributed by atoms with van der Waals surface area (Å²) in [7, 11) is 0. The third-order valence-electron chi connectivity index (χ3n) is 4.44.